The maximum absolute atomic E-state index is 10.8. The van der Waals surface area contributed by atoms with Gasteiger partial charge in [0.25, 0.3) is 0 Å². The van der Waals surface area contributed by atoms with Crippen LogP contribution < -0.4 is 4.90 Å². The Hall–Kier alpha value is -1.03. The molecule has 2 atom stereocenters. The predicted molar refractivity (Wildman–Crippen MR) is 66.5 cm³/mol. The molecule has 0 saturated carbocycles. The van der Waals surface area contributed by atoms with Crippen molar-refractivity contribution >= 4 is 23.0 Å². The van der Waals surface area contributed by atoms with E-state index in [1.807, 2.05) is 5.38 Å². The van der Waals surface area contributed by atoms with Gasteiger partial charge in [-0.1, -0.05) is 6.92 Å². The number of aromatic carboxylic acids is 1. The molecule has 88 valence electrons. The van der Waals surface area contributed by atoms with Crippen LogP contribution in [0.15, 0.2) is 11.4 Å². The quantitative estimate of drug-likeness (QED) is 0.862. The molecule has 1 N–H and O–H groups in total. The zero-order chi connectivity index (χ0) is 11.7. The molecule has 4 heteroatoms. The topological polar surface area (TPSA) is 40.5 Å². The summed E-state index contributed by atoms with van der Waals surface area (Å²) in [6, 6.07) is 2.30. The smallest absolute Gasteiger partial charge is 0.345 e. The highest BCUT2D eigenvalue weighted by Crippen LogP contribution is 2.31. The SMILES string of the molecule is CC1CCCN(c2csc(C(=O)O)c2)C1C. The van der Waals surface area contributed by atoms with Crippen LogP contribution >= 0.6 is 11.3 Å². The molecular weight excluding hydrogens is 222 g/mol. The Labute approximate surface area is 99.7 Å². The molecule has 2 rings (SSSR count). The van der Waals surface area contributed by atoms with Gasteiger partial charge < -0.3 is 10.0 Å². The van der Waals surface area contributed by atoms with Gasteiger partial charge >= 0.3 is 5.97 Å². The van der Waals surface area contributed by atoms with Crippen molar-refractivity contribution in [1.82, 2.24) is 0 Å². The van der Waals surface area contributed by atoms with Crippen LogP contribution in [0.1, 0.15) is 36.4 Å². The van der Waals surface area contributed by atoms with Gasteiger partial charge in [-0.2, -0.15) is 0 Å². The molecular formula is C12H17NO2S. The zero-order valence-corrected chi connectivity index (χ0v) is 10.5. The average molecular weight is 239 g/mol. The van der Waals surface area contributed by atoms with Gasteiger partial charge in [-0.05, 0) is 31.7 Å². The molecule has 3 nitrogen and oxygen atoms in total. The second-order valence-electron chi connectivity index (χ2n) is 4.53. The third-order valence-electron chi connectivity index (χ3n) is 3.50. The summed E-state index contributed by atoms with van der Waals surface area (Å²) < 4.78 is 0. The Balaban J connectivity index is 2.19. The molecule has 1 saturated heterocycles. The second kappa shape index (κ2) is 4.45. The molecule has 1 aromatic heterocycles. The summed E-state index contributed by atoms with van der Waals surface area (Å²) in [5.74, 6) is -0.143. The fourth-order valence-corrected chi connectivity index (χ4v) is 3.03. The van der Waals surface area contributed by atoms with Gasteiger partial charge in [0.15, 0.2) is 0 Å². The number of rotatable bonds is 2. The first-order valence-corrected chi connectivity index (χ1v) is 6.56. The second-order valence-corrected chi connectivity index (χ2v) is 5.44. The van der Waals surface area contributed by atoms with Crippen LogP contribution in [-0.2, 0) is 0 Å². The summed E-state index contributed by atoms with van der Waals surface area (Å²) in [5.41, 5.74) is 1.07. The average Bonchev–Trinajstić information content (AvgIpc) is 2.71. The lowest BCUT2D eigenvalue weighted by Gasteiger charge is -2.39. The van der Waals surface area contributed by atoms with Crippen LogP contribution in [-0.4, -0.2) is 23.7 Å². The minimum absolute atomic E-state index is 0.431. The molecule has 1 aliphatic heterocycles. The number of hydrogen-bond donors (Lipinski definition) is 1. The molecule has 0 bridgehead atoms. The van der Waals surface area contributed by atoms with E-state index in [-0.39, 0.29) is 0 Å². The first-order valence-electron chi connectivity index (χ1n) is 5.68. The van der Waals surface area contributed by atoms with E-state index in [2.05, 4.69) is 18.7 Å². The van der Waals surface area contributed by atoms with E-state index in [0.717, 1.165) is 12.2 Å². The number of piperidine rings is 1. The lowest BCUT2D eigenvalue weighted by Crippen LogP contribution is -2.42. The number of nitrogens with zero attached hydrogens (tertiary/aromatic N) is 1. The first kappa shape index (κ1) is 11.5. The number of thiophene rings is 1. The van der Waals surface area contributed by atoms with Crippen molar-refractivity contribution in [2.45, 2.75) is 32.7 Å². The van der Waals surface area contributed by atoms with Crippen molar-refractivity contribution in [3.63, 3.8) is 0 Å². The Morgan fingerprint density at radius 3 is 2.94 bits per heavy atom. The van der Waals surface area contributed by atoms with Crippen molar-refractivity contribution in [3.05, 3.63) is 16.3 Å². The van der Waals surface area contributed by atoms with E-state index in [1.165, 1.54) is 24.2 Å². The summed E-state index contributed by atoms with van der Waals surface area (Å²) >= 11 is 1.31. The molecule has 0 amide bonds. The van der Waals surface area contributed by atoms with Crippen LogP contribution in [0.3, 0.4) is 0 Å². The number of hydrogen-bond acceptors (Lipinski definition) is 3. The van der Waals surface area contributed by atoms with Crippen LogP contribution in [0.2, 0.25) is 0 Å². The molecule has 0 radical (unpaired) electrons. The molecule has 1 aromatic rings. The maximum atomic E-state index is 10.8. The lowest BCUT2D eigenvalue weighted by molar-refractivity contribution is 0.0702. The fourth-order valence-electron chi connectivity index (χ4n) is 2.29. The van der Waals surface area contributed by atoms with E-state index in [0.29, 0.717) is 16.8 Å². The van der Waals surface area contributed by atoms with Crippen LogP contribution in [0.5, 0.6) is 0 Å². The normalized spacial score (nSPS) is 25.8. The highest BCUT2D eigenvalue weighted by molar-refractivity contribution is 7.12. The summed E-state index contributed by atoms with van der Waals surface area (Å²) in [4.78, 5) is 13.6. The lowest BCUT2D eigenvalue weighted by atomic mass is 9.92. The molecule has 2 unspecified atom stereocenters. The Morgan fingerprint density at radius 1 is 1.56 bits per heavy atom. The van der Waals surface area contributed by atoms with Gasteiger partial charge in [0, 0.05) is 23.7 Å². The molecule has 2 heterocycles. The van der Waals surface area contributed by atoms with Crippen molar-refractivity contribution in [2.75, 3.05) is 11.4 Å². The number of carboxylic acid groups (broad SMARTS) is 1. The molecule has 1 fully saturated rings. The highest BCUT2D eigenvalue weighted by Gasteiger charge is 2.25. The fraction of sp³-hybridized carbons (Fsp3) is 0.583. The summed E-state index contributed by atoms with van der Waals surface area (Å²) in [7, 11) is 0. The number of carboxylic acids is 1. The number of anilines is 1. The summed E-state index contributed by atoms with van der Waals surface area (Å²) in [6.45, 7) is 5.53. The third kappa shape index (κ3) is 2.07. The van der Waals surface area contributed by atoms with Crippen molar-refractivity contribution in [2.24, 2.45) is 5.92 Å². The molecule has 1 aliphatic rings. The summed E-state index contributed by atoms with van der Waals surface area (Å²) in [5, 5.41) is 10.9. The first-order chi connectivity index (χ1) is 7.59. The predicted octanol–water partition coefficient (Wildman–Crippen LogP) is 3.07. The monoisotopic (exact) mass is 239 g/mol. The largest absolute Gasteiger partial charge is 0.477 e. The minimum Gasteiger partial charge on any atom is -0.477 e. The van der Waals surface area contributed by atoms with Gasteiger partial charge in [0.2, 0.25) is 0 Å². The van der Waals surface area contributed by atoms with Gasteiger partial charge in [-0.15, -0.1) is 11.3 Å². The molecule has 0 aromatic carbocycles. The van der Waals surface area contributed by atoms with Crippen LogP contribution in [0, 0.1) is 5.92 Å². The van der Waals surface area contributed by atoms with Crippen LogP contribution in [0.4, 0.5) is 5.69 Å². The van der Waals surface area contributed by atoms with Crippen LogP contribution in [0.25, 0.3) is 0 Å². The standard InChI is InChI=1S/C12H17NO2S/c1-8-4-3-5-13(9(8)2)10-6-11(12(14)15)16-7-10/h6-9H,3-5H2,1-2H3,(H,14,15). The van der Waals surface area contributed by atoms with E-state index in [9.17, 15) is 4.79 Å². The Morgan fingerprint density at radius 2 is 2.31 bits per heavy atom. The van der Waals surface area contributed by atoms with Crippen molar-refractivity contribution in [3.8, 4) is 0 Å². The molecule has 0 spiro atoms. The third-order valence-corrected chi connectivity index (χ3v) is 4.41. The minimum atomic E-state index is -0.825. The van der Waals surface area contributed by atoms with E-state index in [4.69, 9.17) is 5.11 Å². The van der Waals surface area contributed by atoms with E-state index in [1.54, 1.807) is 6.07 Å². The summed E-state index contributed by atoms with van der Waals surface area (Å²) in [6.07, 6.45) is 2.47. The van der Waals surface area contributed by atoms with Crippen molar-refractivity contribution in [1.29, 1.82) is 0 Å². The van der Waals surface area contributed by atoms with E-state index >= 15 is 0 Å². The van der Waals surface area contributed by atoms with Gasteiger partial charge in [-0.25, -0.2) is 4.79 Å². The van der Waals surface area contributed by atoms with Gasteiger partial charge in [0.05, 0.1) is 0 Å². The van der Waals surface area contributed by atoms with Crippen molar-refractivity contribution < 1.29 is 9.90 Å². The molecule has 16 heavy (non-hydrogen) atoms. The Kier molecular flexibility index (Phi) is 3.19. The maximum Gasteiger partial charge on any atom is 0.345 e. The molecule has 0 aliphatic carbocycles. The van der Waals surface area contributed by atoms with E-state index < -0.39 is 5.97 Å². The Bertz CT molecular complexity index is 388. The zero-order valence-electron chi connectivity index (χ0n) is 9.64. The van der Waals surface area contributed by atoms with Gasteiger partial charge in [-0.3, -0.25) is 0 Å². The highest BCUT2D eigenvalue weighted by atomic mass is 32.1. The number of carbonyl (C=O) groups is 1. The van der Waals surface area contributed by atoms with Gasteiger partial charge in [0.1, 0.15) is 4.88 Å².